The number of amides is 1. The molecule has 1 heterocycles. The molecular formula is C14H19BrN2O. The summed E-state index contributed by atoms with van der Waals surface area (Å²) >= 11 is 3.43. The normalized spacial score (nSPS) is 19.9. The van der Waals surface area contributed by atoms with E-state index in [1.54, 1.807) is 0 Å². The first-order valence-electron chi connectivity index (χ1n) is 6.44. The Bertz CT molecular complexity index is 422. The van der Waals surface area contributed by atoms with Gasteiger partial charge in [0.15, 0.2) is 0 Å². The molecule has 0 aromatic heterocycles. The summed E-state index contributed by atoms with van der Waals surface area (Å²) < 4.78 is 1.02. The third-order valence-electron chi connectivity index (χ3n) is 3.46. The molecular weight excluding hydrogens is 292 g/mol. The van der Waals surface area contributed by atoms with Crippen molar-refractivity contribution in [3.8, 4) is 0 Å². The van der Waals surface area contributed by atoms with Gasteiger partial charge in [-0.05, 0) is 37.0 Å². The Morgan fingerprint density at radius 1 is 1.44 bits per heavy atom. The van der Waals surface area contributed by atoms with Gasteiger partial charge in [-0.2, -0.15) is 0 Å². The number of rotatable bonds is 3. The van der Waals surface area contributed by atoms with Crippen molar-refractivity contribution in [3.63, 3.8) is 0 Å². The summed E-state index contributed by atoms with van der Waals surface area (Å²) in [5, 5.41) is 0. The minimum atomic E-state index is 0.197. The second kappa shape index (κ2) is 6.34. The number of halogens is 1. The SMILES string of the molecule is NC[C@@H]1CCCCN1C(=O)Cc1cccc(Br)c1. The summed E-state index contributed by atoms with van der Waals surface area (Å²) in [5.41, 5.74) is 6.80. The highest BCUT2D eigenvalue weighted by Crippen LogP contribution is 2.18. The first kappa shape index (κ1) is 13.6. The van der Waals surface area contributed by atoms with Crippen molar-refractivity contribution < 1.29 is 4.79 Å². The molecule has 1 aliphatic heterocycles. The fourth-order valence-corrected chi connectivity index (χ4v) is 2.94. The first-order valence-corrected chi connectivity index (χ1v) is 7.24. The third kappa shape index (κ3) is 3.33. The summed E-state index contributed by atoms with van der Waals surface area (Å²) in [7, 11) is 0. The molecule has 3 nitrogen and oxygen atoms in total. The van der Waals surface area contributed by atoms with Gasteiger partial charge in [0.25, 0.3) is 0 Å². The zero-order valence-electron chi connectivity index (χ0n) is 10.4. The van der Waals surface area contributed by atoms with Crippen LogP contribution in [0.5, 0.6) is 0 Å². The highest BCUT2D eigenvalue weighted by atomic mass is 79.9. The molecule has 18 heavy (non-hydrogen) atoms. The second-order valence-electron chi connectivity index (χ2n) is 4.78. The molecule has 1 amide bonds. The van der Waals surface area contributed by atoms with Crippen molar-refractivity contribution in [1.82, 2.24) is 4.90 Å². The van der Waals surface area contributed by atoms with Crippen LogP contribution < -0.4 is 5.73 Å². The number of hydrogen-bond donors (Lipinski definition) is 1. The van der Waals surface area contributed by atoms with E-state index in [1.165, 1.54) is 6.42 Å². The molecule has 0 aliphatic carbocycles. The van der Waals surface area contributed by atoms with Gasteiger partial charge in [0.05, 0.1) is 6.42 Å². The Morgan fingerprint density at radius 3 is 3.00 bits per heavy atom. The number of nitrogens with zero attached hydrogens (tertiary/aromatic N) is 1. The van der Waals surface area contributed by atoms with E-state index in [1.807, 2.05) is 29.2 Å². The Balaban J connectivity index is 2.02. The van der Waals surface area contributed by atoms with Crippen LogP contribution in [0.25, 0.3) is 0 Å². The van der Waals surface area contributed by atoms with Crippen molar-refractivity contribution in [2.24, 2.45) is 5.73 Å². The molecule has 4 heteroatoms. The zero-order chi connectivity index (χ0) is 13.0. The fourth-order valence-electron chi connectivity index (χ4n) is 2.50. The van der Waals surface area contributed by atoms with Crippen molar-refractivity contribution in [2.75, 3.05) is 13.1 Å². The molecule has 0 radical (unpaired) electrons. The zero-order valence-corrected chi connectivity index (χ0v) is 12.0. The molecule has 2 rings (SSSR count). The summed E-state index contributed by atoms with van der Waals surface area (Å²) in [6, 6.07) is 8.16. The maximum absolute atomic E-state index is 12.3. The summed E-state index contributed by atoms with van der Waals surface area (Å²) in [6.45, 7) is 1.43. The topological polar surface area (TPSA) is 46.3 Å². The number of piperidine rings is 1. The maximum atomic E-state index is 12.3. The number of carbonyl (C=O) groups excluding carboxylic acids is 1. The molecule has 1 fully saturated rings. The molecule has 98 valence electrons. The highest BCUT2D eigenvalue weighted by molar-refractivity contribution is 9.10. The van der Waals surface area contributed by atoms with Crippen LogP contribution in [-0.2, 0) is 11.2 Å². The van der Waals surface area contributed by atoms with Gasteiger partial charge in [0.1, 0.15) is 0 Å². The minimum Gasteiger partial charge on any atom is -0.338 e. The van der Waals surface area contributed by atoms with Crippen molar-refractivity contribution in [1.29, 1.82) is 0 Å². The van der Waals surface area contributed by atoms with Crippen LogP contribution >= 0.6 is 15.9 Å². The molecule has 1 aliphatic rings. The Hall–Kier alpha value is -0.870. The van der Waals surface area contributed by atoms with Crippen LogP contribution in [0.4, 0.5) is 0 Å². The molecule has 0 spiro atoms. The van der Waals surface area contributed by atoms with E-state index in [4.69, 9.17) is 5.73 Å². The van der Waals surface area contributed by atoms with Crippen molar-refractivity contribution >= 4 is 21.8 Å². The average Bonchev–Trinajstić information content (AvgIpc) is 2.38. The van der Waals surface area contributed by atoms with Gasteiger partial charge in [0.2, 0.25) is 5.91 Å². The quantitative estimate of drug-likeness (QED) is 0.931. The van der Waals surface area contributed by atoms with E-state index in [-0.39, 0.29) is 11.9 Å². The number of nitrogens with two attached hydrogens (primary N) is 1. The van der Waals surface area contributed by atoms with E-state index < -0.39 is 0 Å². The lowest BCUT2D eigenvalue weighted by atomic mass is 10.0. The molecule has 0 bridgehead atoms. The van der Waals surface area contributed by atoms with E-state index in [2.05, 4.69) is 15.9 Å². The van der Waals surface area contributed by atoms with Gasteiger partial charge >= 0.3 is 0 Å². The number of carbonyl (C=O) groups is 1. The average molecular weight is 311 g/mol. The Labute approximate surface area is 116 Å². The fraction of sp³-hybridized carbons (Fsp3) is 0.500. The van der Waals surface area contributed by atoms with Crippen molar-refractivity contribution in [2.45, 2.75) is 31.7 Å². The molecule has 0 saturated carbocycles. The lowest BCUT2D eigenvalue weighted by Gasteiger charge is -2.35. The minimum absolute atomic E-state index is 0.197. The largest absolute Gasteiger partial charge is 0.338 e. The lowest BCUT2D eigenvalue weighted by Crippen LogP contribution is -2.48. The van der Waals surface area contributed by atoms with Crippen LogP contribution in [0.1, 0.15) is 24.8 Å². The number of likely N-dealkylation sites (tertiary alicyclic amines) is 1. The van der Waals surface area contributed by atoms with E-state index in [0.29, 0.717) is 13.0 Å². The second-order valence-corrected chi connectivity index (χ2v) is 5.69. The maximum Gasteiger partial charge on any atom is 0.227 e. The number of hydrogen-bond acceptors (Lipinski definition) is 2. The van der Waals surface area contributed by atoms with Gasteiger partial charge < -0.3 is 10.6 Å². The van der Waals surface area contributed by atoms with E-state index >= 15 is 0 Å². The Kier molecular flexibility index (Phi) is 4.78. The highest BCUT2D eigenvalue weighted by Gasteiger charge is 2.25. The van der Waals surface area contributed by atoms with Gasteiger partial charge in [0, 0.05) is 23.6 Å². The van der Waals surface area contributed by atoms with Crippen LogP contribution in [0.3, 0.4) is 0 Å². The molecule has 1 atom stereocenters. The van der Waals surface area contributed by atoms with Crippen LogP contribution in [-0.4, -0.2) is 29.9 Å². The predicted octanol–water partition coefficient (Wildman–Crippen LogP) is 2.33. The van der Waals surface area contributed by atoms with Gasteiger partial charge in [-0.15, -0.1) is 0 Å². The van der Waals surface area contributed by atoms with E-state index in [9.17, 15) is 4.79 Å². The van der Waals surface area contributed by atoms with Gasteiger partial charge in [-0.25, -0.2) is 0 Å². The summed E-state index contributed by atoms with van der Waals surface area (Å²) in [5.74, 6) is 0.197. The standard InChI is InChI=1S/C14H19BrN2O/c15-12-5-3-4-11(8-12)9-14(18)17-7-2-1-6-13(17)10-16/h3-5,8,13H,1-2,6-7,9-10,16H2/t13-/m0/s1. The van der Waals surface area contributed by atoms with Crippen molar-refractivity contribution in [3.05, 3.63) is 34.3 Å². The smallest absolute Gasteiger partial charge is 0.227 e. The summed E-state index contributed by atoms with van der Waals surface area (Å²) in [4.78, 5) is 14.3. The van der Waals surface area contributed by atoms with Gasteiger partial charge in [-0.3, -0.25) is 4.79 Å². The van der Waals surface area contributed by atoms with Crippen LogP contribution in [0, 0.1) is 0 Å². The molecule has 0 unspecified atom stereocenters. The molecule has 1 aromatic carbocycles. The molecule has 1 saturated heterocycles. The molecule has 1 aromatic rings. The third-order valence-corrected chi connectivity index (χ3v) is 3.96. The Morgan fingerprint density at radius 2 is 2.28 bits per heavy atom. The molecule has 2 N–H and O–H groups in total. The lowest BCUT2D eigenvalue weighted by molar-refractivity contribution is -0.133. The summed E-state index contributed by atoms with van der Waals surface area (Å²) in [6.07, 6.45) is 3.79. The number of benzene rings is 1. The van der Waals surface area contributed by atoms with Gasteiger partial charge in [-0.1, -0.05) is 28.1 Å². The first-order chi connectivity index (χ1) is 8.70. The predicted molar refractivity (Wildman–Crippen MR) is 76.3 cm³/mol. The monoisotopic (exact) mass is 310 g/mol. The van der Waals surface area contributed by atoms with E-state index in [0.717, 1.165) is 29.4 Å². The van der Waals surface area contributed by atoms with Crippen LogP contribution in [0.2, 0.25) is 0 Å². The van der Waals surface area contributed by atoms with Crippen LogP contribution in [0.15, 0.2) is 28.7 Å².